The van der Waals surface area contributed by atoms with E-state index in [1.54, 1.807) is 0 Å². The predicted molar refractivity (Wildman–Crippen MR) is 78.4 cm³/mol. The van der Waals surface area contributed by atoms with Gasteiger partial charge in [0, 0.05) is 30.4 Å². The average Bonchev–Trinajstić information content (AvgIpc) is 3.12. The van der Waals surface area contributed by atoms with Gasteiger partial charge in [0.2, 0.25) is 5.91 Å². The highest BCUT2D eigenvalue weighted by molar-refractivity contribution is 5.93. The van der Waals surface area contributed by atoms with Crippen LogP contribution in [-0.2, 0) is 4.79 Å². The lowest BCUT2D eigenvalue weighted by atomic mass is 10.1. The Hall–Kier alpha value is -1.51. The van der Waals surface area contributed by atoms with Crippen molar-refractivity contribution >= 4 is 17.3 Å². The lowest BCUT2D eigenvalue weighted by Crippen LogP contribution is -2.22. The Bertz CT molecular complexity index is 462. The Labute approximate surface area is 115 Å². The number of hydrogen-bond acceptors (Lipinski definition) is 2. The van der Waals surface area contributed by atoms with E-state index in [2.05, 4.69) is 22.3 Å². The van der Waals surface area contributed by atoms with E-state index in [4.69, 9.17) is 0 Å². The molecule has 1 aliphatic carbocycles. The van der Waals surface area contributed by atoms with Crippen LogP contribution < -0.4 is 10.2 Å². The second-order valence-electron chi connectivity index (χ2n) is 5.86. The van der Waals surface area contributed by atoms with Gasteiger partial charge >= 0.3 is 0 Å². The monoisotopic (exact) mass is 258 g/mol. The Kier molecular flexibility index (Phi) is 3.45. The fraction of sp³-hybridized carbons (Fsp3) is 0.562. The number of amides is 1. The summed E-state index contributed by atoms with van der Waals surface area (Å²) in [5.41, 5.74) is 2.16. The van der Waals surface area contributed by atoms with Crippen molar-refractivity contribution in [1.82, 2.24) is 0 Å². The van der Waals surface area contributed by atoms with E-state index in [0.717, 1.165) is 18.8 Å². The number of anilines is 2. The molecule has 2 aliphatic rings. The lowest BCUT2D eigenvalue weighted by molar-refractivity contribution is -0.119. The number of carbonyl (C=O) groups excluding carboxylic acids is 1. The van der Waals surface area contributed by atoms with Gasteiger partial charge in [0.1, 0.15) is 0 Å². The summed E-state index contributed by atoms with van der Waals surface area (Å²) in [7, 11) is 0. The van der Waals surface area contributed by atoms with Gasteiger partial charge in [0.25, 0.3) is 0 Å². The molecule has 1 heterocycles. The minimum Gasteiger partial charge on any atom is -0.371 e. The van der Waals surface area contributed by atoms with E-state index in [1.807, 2.05) is 19.1 Å². The van der Waals surface area contributed by atoms with Crippen molar-refractivity contribution in [3.63, 3.8) is 0 Å². The molecule has 3 rings (SSSR count). The molecule has 1 aliphatic heterocycles. The largest absolute Gasteiger partial charge is 0.371 e. The second kappa shape index (κ2) is 5.24. The van der Waals surface area contributed by atoms with Crippen LogP contribution in [0.4, 0.5) is 11.4 Å². The summed E-state index contributed by atoms with van der Waals surface area (Å²) in [5.74, 6) is 0.929. The molecule has 3 nitrogen and oxygen atoms in total. The van der Waals surface area contributed by atoms with Crippen molar-refractivity contribution in [2.24, 2.45) is 11.8 Å². The molecule has 1 atom stereocenters. The van der Waals surface area contributed by atoms with Crippen molar-refractivity contribution in [3.05, 3.63) is 24.3 Å². The molecular weight excluding hydrogens is 236 g/mol. The van der Waals surface area contributed by atoms with Crippen LogP contribution in [0.3, 0.4) is 0 Å². The van der Waals surface area contributed by atoms with Gasteiger partial charge in [-0.3, -0.25) is 4.79 Å². The molecule has 0 aromatic heterocycles. The fourth-order valence-corrected chi connectivity index (χ4v) is 2.82. The Balaban J connectivity index is 1.66. The number of nitrogens with zero attached hydrogens (tertiary/aromatic N) is 1. The van der Waals surface area contributed by atoms with Crippen LogP contribution in [0.5, 0.6) is 0 Å². The number of hydrogen-bond donors (Lipinski definition) is 1. The third-order valence-electron chi connectivity index (χ3n) is 4.33. The SMILES string of the molecule is CC(C(=O)Nc1cccc(N2CCCC2)c1)C1CC1. The van der Waals surface area contributed by atoms with Gasteiger partial charge in [0.15, 0.2) is 0 Å². The van der Waals surface area contributed by atoms with Crippen LogP contribution in [0.15, 0.2) is 24.3 Å². The summed E-state index contributed by atoms with van der Waals surface area (Å²) in [6.45, 7) is 4.31. The molecule has 1 N–H and O–H groups in total. The molecular formula is C16H22N2O. The number of rotatable bonds is 4. The number of benzene rings is 1. The Morgan fingerprint density at radius 3 is 2.74 bits per heavy atom. The molecule has 102 valence electrons. The van der Waals surface area contributed by atoms with Gasteiger partial charge in [-0.05, 0) is 49.8 Å². The Morgan fingerprint density at radius 1 is 1.32 bits per heavy atom. The van der Waals surface area contributed by atoms with E-state index in [9.17, 15) is 4.79 Å². The van der Waals surface area contributed by atoms with Crippen molar-refractivity contribution < 1.29 is 4.79 Å². The normalized spacial score (nSPS) is 20.4. The molecule has 0 spiro atoms. The van der Waals surface area contributed by atoms with Crippen LogP contribution in [0.1, 0.15) is 32.6 Å². The highest BCUT2D eigenvalue weighted by Gasteiger charge is 2.32. The first kappa shape index (κ1) is 12.5. The van der Waals surface area contributed by atoms with Crippen LogP contribution in [-0.4, -0.2) is 19.0 Å². The maximum absolute atomic E-state index is 12.1. The van der Waals surface area contributed by atoms with E-state index < -0.39 is 0 Å². The molecule has 1 amide bonds. The van der Waals surface area contributed by atoms with Crippen molar-refractivity contribution in [1.29, 1.82) is 0 Å². The van der Waals surface area contributed by atoms with Gasteiger partial charge in [-0.25, -0.2) is 0 Å². The van der Waals surface area contributed by atoms with Crippen LogP contribution in [0.2, 0.25) is 0 Å². The quantitative estimate of drug-likeness (QED) is 0.899. The zero-order valence-electron chi connectivity index (χ0n) is 11.6. The van der Waals surface area contributed by atoms with E-state index >= 15 is 0 Å². The molecule has 1 aromatic carbocycles. The van der Waals surface area contributed by atoms with Gasteiger partial charge in [0.05, 0.1) is 0 Å². The molecule has 1 unspecified atom stereocenters. The minimum absolute atomic E-state index is 0.149. The maximum Gasteiger partial charge on any atom is 0.227 e. The number of nitrogens with one attached hydrogen (secondary N) is 1. The summed E-state index contributed by atoms with van der Waals surface area (Å²) in [6, 6.07) is 8.25. The first-order valence-electron chi connectivity index (χ1n) is 7.40. The summed E-state index contributed by atoms with van der Waals surface area (Å²) >= 11 is 0. The smallest absolute Gasteiger partial charge is 0.227 e. The maximum atomic E-state index is 12.1. The van der Waals surface area contributed by atoms with Gasteiger partial charge in [-0.15, -0.1) is 0 Å². The van der Waals surface area contributed by atoms with Crippen molar-refractivity contribution in [2.45, 2.75) is 32.6 Å². The van der Waals surface area contributed by atoms with E-state index in [1.165, 1.54) is 31.4 Å². The van der Waals surface area contributed by atoms with E-state index in [0.29, 0.717) is 5.92 Å². The molecule has 2 fully saturated rings. The van der Waals surface area contributed by atoms with E-state index in [-0.39, 0.29) is 11.8 Å². The summed E-state index contributed by atoms with van der Waals surface area (Å²) < 4.78 is 0. The number of carbonyl (C=O) groups is 1. The minimum atomic E-state index is 0.149. The zero-order chi connectivity index (χ0) is 13.2. The summed E-state index contributed by atoms with van der Waals surface area (Å²) in [5, 5.41) is 3.06. The average molecular weight is 258 g/mol. The van der Waals surface area contributed by atoms with Gasteiger partial charge in [-0.2, -0.15) is 0 Å². The van der Waals surface area contributed by atoms with Crippen molar-refractivity contribution in [2.75, 3.05) is 23.3 Å². The van der Waals surface area contributed by atoms with Crippen LogP contribution in [0.25, 0.3) is 0 Å². The van der Waals surface area contributed by atoms with Crippen molar-refractivity contribution in [3.8, 4) is 0 Å². The van der Waals surface area contributed by atoms with Crippen LogP contribution >= 0.6 is 0 Å². The highest BCUT2D eigenvalue weighted by atomic mass is 16.1. The standard InChI is InChI=1S/C16H22N2O/c1-12(13-7-8-13)16(19)17-14-5-4-6-15(11-14)18-9-2-3-10-18/h4-6,11-13H,2-3,7-10H2,1H3,(H,17,19). The molecule has 19 heavy (non-hydrogen) atoms. The fourth-order valence-electron chi connectivity index (χ4n) is 2.82. The van der Waals surface area contributed by atoms with Gasteiger partial charge in [-0.1, -0.05) is 13.0 Å². The predicted octanol–water partition coefficient (Wildman–Crippen LogP) is 3.27. The topological polar surface area (TPSA) is 32.3 Å². The zero-order valence-corrected chi connectivity index (χ0v) is 11.6. The third-order valence-corrected chi connectivity index (χ3v) is 4.33. The highest BCUT2D eigenvalue weighted by Crippen LogP contribution is 2.37. The molecule has 1 aromatic rings. The first-order valence-corrected chi connectivity index (χ1v) is 7.40. The first-order chi connectivity index (χ1) is 9.24. The second-order valence-corrected chi connectivity index (χ2v) is 5.86. The van der Waals surface area contributed by atoms with Gasteiger partial charge < -0.3 is 10.2 Å². The summed E-state index contributed by atoms with van der Waals surface area (Å²) in [4.78, 5) is 14.5. The van der Waals surface area contributed by atoms with Crippen LogP contribution in [0, 0.1) is 11.8 Å². The molecule has 0 radical (unpaired) electrons. The molecule has 1 saturated carbocycles. The molecule has 0 bridgehead atoms. The Morgan fingerprint density at radius 2 is 2.05 bits per heavy atom. The third kappa shape index (κ3) is 2.91. The lowest BCUT2D eigenvalue weighted by Gasteiger charge is -2.19. The molecule has 3 heteroatoms. The molecule has 1 saturated heterocycles. The summed E-state index contributed by atoms with van der Waals surface area (Å²) in [6.07, 6.45) is 4.97.